The van der Waals surface area contributed by atoms with E-state index in [0.717, 1.165) is 28.7 Å². The van der Waals surface area contributed by atoms with E-state index in [9.17, 15) is 4.79 Å². The lowest BCUT2D eigenvalue weighted by Crippen LogP contribution is -2.22. The summed E-state index contributed by atoms with van der Waals surface area (Å²) in [5.41, 5.74) is 2.91. The van der Waals surface area contributed by atoms with Gasteiger partial charge in [-0.05, 0) is 24.8 Å². The zero-order chi connectivity index (χ0) is 12.9. The van der Waals surface area contributed by atoms with E-state index < -0.39 is 5.97 Å². The van der Waals surface area contributed by atoms with Gasteiger partial charge < -0.3 is 9.67 Å². The number of aryl methyl sites for hydroxylation is 1. The highest BCUT2D eigenvalue weighted by atomic mass is 35.5. The van der Waals surface area contributed by atoms with Crippen LogP contribution in [0.1, 0.15) is 17.7 Å². The monoisotopic (exact) mass is 265 g/mol. The Kier molecular flexibility index (Phi) is 2.52. The van der Waals surface area contributed by atoms with E-state index >= 15 is 0 Å². The average molecular weight is 266 g/mol. The van der Waals surface area contributed by atoms with Crippen LogP contribution in [0.25, 0.3) is 11.0 Å². The van der Waals surface area contributed by atoms with Crippen molar-refractivity contribution in [1.29, 1.82) is 0 Å². The minimum absolute atomic E-state index is 0.334. The Morgan fingerprint density at radius 1 is 1.56 bits per heavy atom. The summed E-state index contributed by atoms with van der Waals surface area (Å²) in [6, 6.07) is 0. The number of rotatable bonds is 1. The number of carboxylic acid groups (broad SMARTS) is 1. The quantitative estimate of drug-likeness (QED) is 0.799. The van der Waals surface area contributed by atoms with Gasteiger partial charge in [0.05, 0.1) is 11.3 Å². The topological polar surface area (TPSA) is 68.0 Å². The summed E-state index contributed by atoms with van der Waals surface area (Å²) >= 11 is 6.12. The van der Waals surface area contributed by atoms with Gasteiger partial charge in [0.25, 0.3) is 0 Å². The van der Waals surface area contributed by atoms with Crippen molar-refractivity contribution in [2.75, 3.05) is 0 Å². The van der Waals surface area contributed by atoms with E-state index in [1.165, 1.54) is 6.33 Å². The molecule has 1 N–H and O–H groups in total. The van der Waals surface area contributed by atoms with Crippen molar-refractivity contribution in [3.63, 3.8) is 0 Å². The van der Waals surface area contributed by atoms with Crippen LogP contribution in [0, 0.1) is 5.92 Å². The highest BCUT2D eigenvalue weighted by molar-refractivity contribution is 6.34. The Morgan fingerprint density at radius 3 is 3.06 bits per heavy atom. The lowest BCUT2D eigenvalue weighted by atomic mass is 9.87. The fraction of sp³-hybridized carbons (Fsp3) is 0.417. The fourth-order valence-electron chi connectivity index (χ4n) is 2.75. The molecule has 1 aliphatic rings. The normalized spacial score (nSPS) is 18.9. The summed E-state index contributed by atoms with van der Waals surface area (Å²) in [4.78, 5) is 19.3. The van der Waals surface area contributed by atoms with Crippen molar-refractivity contribution in [3.05, 3.63) is 22.7 Å². The van der Waals surface area contributed by atoms with E-state index in [4.69, 9.17) is 16.7 Å². The van der Waals surface area contributed by atoms with Crippen LogP contribution in [-0.2, 0) is 24.7 Å². The first-order valence-corrected chi connectivity index (χ1v) is 6.16. The summed E-state index contributed by atoms with van der Waals surface area (Å²) in [5, 5.41) is 10.4. The van der Waals surface area contributed by atoms with Gasteiger partial charge in [0.1, 0.15) is 17.1 Å². The minimum Gasteiger partial charge on any atom is -0.481 e. The van der Waals surface area contributed by atoms with Crippen molar-refractivity contribution in [1.82, 2.24) is 14.5 Å². The highest BCUT2D eigenvalue weighted by Gasteiger charge is 2.29. The maximum absolute atomic E-state index is 11.1. The third-order valence-corrected chi connectivity index (χ3v) is 3.97. The Morgan fingerprint density at radius 2 is 2.33 bits per heavy atom. The van der Waals surface area contributed by atoms with E-state index in [2.05, 4.69) is 9.97 Å². The van der Waals surface area contributed by atoms with Crippen LogP contribution >= 0.6 is 11.6 Å². The second kappa shape index (κ2) is 3.95. The van der Waals surface area contributed by atoms with Gasteiger partial charge in [0.15, 0.2) is 0 Å². The van der Waals surface area contributed by atoms with Crippen LogP contribution in [0.15, 0.2) is 6.33 Å². The third-order valence-electron chi connectivity index (χ3n) is 3.68. The molecule has 0 aliphatic heterocycles. The molecule has 1 atom stereocenters. The van der Waals surface area contributed by atoms with Crippen molar-refractivity contribution in [2.24, 2.45) is 13.0 Å². The lowest BCUT2D eigenvalue weighted by molar-refractivity contribution is -0.142. The molecule has 0 aromatic carbocycles. The summed E-state index contributed by atoms with van der Waals surface area (Å²) in [6.07, 6.45) is 3.35. The van der Waals surface area contributed by atoms with Crippen LogP contribution in [0.5, 0.6) is 0 Å². The molecule has 1 unspecified atom stereocenters. The molecule has 0 saturated heterocycles. The van der Waals surface area contributed by atoms with Gasteiger partial charge in [0.2, 0.25) is 0 Å². The van der Waals surface area contributed by atoms with Crippen LogP contribution in [0.4, 0.5) is 0 Å². The number of aromatic nitrogens is 3. The van der Waals surface area contributed by atoms with E-state index in [1.807, 2.05) is 11.6 Å². The molecule has 2 heterocycles. The van der Waals surface area contributed by atoms with Crippen molar-refractivity contribution < 1.29 is 9.90 Å². The number of aliphatic carboxylic acids is 1. The van der Waals surface area contributed by atoms with E-state index in [0.29, 0.717) is 18.0 Å². The minimum atomic E-state index is -0.745. The summed E-state index contributed by atoms with van der Waals surface area (Å²) in [7, 11) is 1.94. The maximum Gasteiger partial charge on any atom is 0.306 e. The predicted octanol–water partition coefficient (Wildman–Crippen LogP) is 1.81. The van der Waals surface area contributed by atoms with Gasteiger partial charge in [-0.1, -0.05) is 11.6 Å². The molecule has 94 valence electrons. The molecule has 6 heteroatoms. The summed E-state index contributed by atoms with van der Waals surface area (Å²) in [6.45, 7) is 0. The van der Waals surface area contributed by atoms with Gasteiger partial charge >= 0.3 is 5.97 Å². The molecule has 18 heavy (non-hydrogen) atoms. The maximum atomic E-state index is 11.1. The number of hydrogen-bond donors (Lipinski definition) is 1. The van der Waals surface area contributed by atoms with Crippen molar-refractivity contribution in [2.45, 2.75) is 19.3 Å². The second-order valence-corrected chi connectivity index (χ2v) is 4.98. The number of hydrogen-bond acceptors (Lipinski definition) is 3. The highest BCUT2D eigenvalue weighted by Crippen LogP contribution is 2.35. The SMILES string of the molecule is Cn1c2c(c3c(Cl)ncnc31)CC(C(=O)O)CC2. The van der Waals surface area contributed by atoms with Gasteiger partial charge in [-0.25, -0.2) is 9.97 Å². The van der Waals surface area contributed by atoms with Crippen LogP contribution in [0.3, 0.4) is 0 Å². The standard InChI is InChI=1S/C12H12ClN3O2/c1-16-8-3-2-6(12(17)18)4-7(8)9-10(13)14-5-15-11(9)16/h5-6H,2-4H2,1H3,(H,17,18). The first-order valence-electron chi connectivity index (χ1n) is 5.79. The molecular weight excluding hydrogens is 254 g/mol. The average Bonchev–Trinajstić information content (AvgIpc) is 2.64. The van der Waals surface area contributed by atoms with Gasteiger partial charge in [-0.3, -0.25) is 4.79 Å². The van der Waals surface area contributed by atoms with Gasteiger partial charge in [0, 0.05) is 12.7 Å². The predicted molar refractivity (Wildman–Crippen MR) is 66.7 cm³/mol. The number of carboxylic acids is 1. The molecule has 0 bridgehead atoms. The number of fused-ring (bicyclic) bond motifs is 3. The zero-order valence-corrected chi connectivity index (χ0v) is 10.6. The molecule has 3 rings (SSSR count). The fourth-order valence-corrected chi connectivity index (χ4v) is 2.99. The summed E-state index contributed by atoms with van der Waals surface area (Å²) < 4.78 is 2.00. The molecule has 0 amide bonds. The third kappa shape index (κ3) is 1.50. The molecule has 0 spiro atoms. The molecule has 0 fully saturated rings. The second-order valence-electron chi connectivity index (χ2n) is 4.63. The number of nitrogens with zero attached hydrogens (tertiary/aromatic N) is 3. The zero-order valence-electron chi connectivity index (χ0n) is 9.85. The Balaban J connectivity index is 2.24. The smallest absolute Gasteiger partial charge is 0.306 e. The first kappa shape index (κ1) is 11.5. The van der Waals surface area contributed by atoms with E-state index in [1.54, 1.807) is 0 Å². The summed E-state index contributed by atoms with van der Waals surface area (Å²) in [5.74, 6) is -1.08. The van der Waals surface area contributed by atoms with Gasteiger partial charge in [-0.15, -0.1) is 0 Å². The van der Waals surface area contributed by atoms with Gasteiger partial charge in [-0.2, -0.15) is 0 Å². The molecule has 2 aromatic rings. The number of halogens is 1. The molecule has 0 radical (unpaired) electrons. The van der Waals surface area contributed by atoms with Crippen molar-refractivity contribution in [3.8, 4) is 0 Å². The van der Waals surface area contributed by atoms with Crippen LogP contribution < -0.4 is 0 Å². The molecule has 0 saturated carbocycles. The van der Waals surface area contributed by atoms with Crippen LogP contribution in [-0.4, -0.2) is 25.6 Å². The molecule has 1 aliphatic carbocycles. The number of carbonyl (C=O) groups is 1. The first-order chi connectivity index (χ1) is 8.59. The Labute approximate surface area is 108 Å². The molecule has 2 aromatic heterocycles. The van der Waals surface area contributed by atoms with Crippen molar-refractivity contribution >= 4 is 28.6 Å². The Hall–Kier alpha value is -1.62. The van der Waals surface area contributed by atoms with Crippen LogP contribution in [0.2, 0.25) is 5.15 Å². The molecule has 5 nitrogen and oxygen atoms in total. The lowest BCUT2D eigenvalue weighted by Gasteiger charge is -2.19. The largest absolute Gasteiger partial charge is 0.481 e. The van der Waals surface area contributed by atoms with E-state index in [-0.39, 0.29) is 5.92 Å². The molecular formula is C12H12ClN3O2. The Bertz CT molecular complexity index is 650.